The Morgan fingerprint density at radius 1 is 1.90 bits per heavy atom. The van der Waals surface area contributed by atoms with Gasteiger partial charge in [0.15, 0.2) is 0 Å². The lowest BCUT2D eigenvalue weighted by molar-refractivity contribution is -0.137. The van der Waals surface area contributed by atoms with Gasteiger partial charge in [-0.2, -0.15) is 5.10 Å². The normalized spacial score (nSPS) is 9.70. The summed E-state index contributed by atoms with van der Waals surface area (Å²) in [6.07, 6.45) is 1.20. The first-order chi connectivity index (χ1) is 4.70. The van der Waals surface area contributed by atoms with Crippen LogP contribution in [0, 0.1) is 0 Å². The van der Waals surface area contributed by atoms with Crippen LogP contribution in [0.15, 0.2) is 6.33 Å². The lowest BCUT2D eigenvalue weighted by atomic mass is 10.7. The van der Waals surface area contributed by atoms with Crippen molar-refractivity contribution in [3.8, 4) is 0 Å². The number of aliphatic carboxylic acids is 1. The maximum Gasteiger partial charge on any atom is 0.325 e. The highest BCUT2D eigenvalue weighted by Gasteiger charge is 2.03. The average molecular weight is 162 g/mol. The van der Waals surface area contributed by atoms with Gasteiger partial charge in [0.25, 0.3) is 0 Å². The average Bonchev–Trinajstić information content (AvgIpc) is 2.15. The molecule has 10 heavy (non-hydrogen) atoms. The number of carbonyl (C=O) groups is 1. The van der Waals surface area contributed by atoms with Crippen LogP contribution in [0.5, 0.6) is 0 Å². The van der Waals surface area contributed by atoms with Crippen LogP contribution in [-0.4, -0.2) is 25.8 Å². The Labute approximate surface area is 61.2 Å². The van der Waals surface area contributed by atoms with Crippen LogP contribution in [0.25, 0.3) is 0 Å². The fourth-order valence-corrected chi connectivity index (χ4v) is 0.631. The maximum absolute atomic E-state index is 10.1. The van der Waals surface area contributed by atoms with Gasteiger partial charge in [-0.1, -0.05) is 0 Å². The van der Waals surface area contributed by atoms with Gasteiger partial charge >= 0.3 is 5.97 Å². The van der Waals surface area contributed by atoms with E-state index in [0.717, 1.165) is 4.68 Å². The molecule has 0 bridgehead atoms. The van der Waals surface area contributed by atoms with Gasteiger partial charge in [-0.15, -0.1) is 0 Å². The first-order valence-electron chi connectivity index (χ1n) is 2.45. The number of carboxylic acid groups (broad SMARTS) is 1. The van der Waals surface area contributed by atoms with E-state index in [1.54, 1.807) is 0 Å². The molecular weight excluding hydrogens is 158 g/mol. The second-order valence-corrected chi connectivity index (χ2v) is 1.92. The van der Waals surface area contributed by atoms with Gasteiger partial charge in [-0.3, -0.25) is 4.79 Å². The van der Waals surface area contributed by atoms with Crippen LogP contribution in [-0.2, 0) is 11.3 Å². The fraction of sp³-hybridized carbons (Fsp3) is 0.250. The highest BCUT2D eigenvalue weighted by atomic mass is 35.5. The molecule has 1 aromatic heterocycles. The molecule has 0 radical (unpaired) electrons. The van der Waals surface area contributed by atoms with E-state index >= 15 is 0 Å². The number of nitrogens with zero attached hydrogens (tertiary/aromatic N) is 3. The summed E-state index contributed by atoms with van der Waals surface area (Å²) in [6, 6.07) is 0. The second kappa shape index (κ2) is 2.66. The molecule has 1 N–H and O–H groups in total. The van der Waals surface area contributed by atoms with Gasteiger partial charge in [-0.05, 0) is 11.6 Å². The first kappa shape index (κ1) is 7.01. The molecule has 0 amide bonds. The molecule has 0 unspecified atom stereocenters. The van der Waals surface area contributed by atoms with Crippen LogP contribution >= 0.6 is 11.6 Å². The van der Waals surface area contributed by atoms with E-state index in [2.05, 4.69) is 10.1 Å². The first-order valence-corrected chi connectivity index (χ1v) is 2.83. The summed E-state index contributed by atoms with van der Waals surface area (Å²) in [5.74, 6) is -0.993. The Balaban J connectivity index is 2.74. The van der Waals surface area contributed by atoms with E-state index in [1.807, 2.05) is 0 Å². The van der Waals surface area contributed by atoms with Crippen molar-refractivity contribution < 1.29 is 9.90 Å². The van der Waals surface area contributed by atoms with Crippen LogP contribution in [0.2, 0.25) is 5.28 Å². The Hall–Kier alpha value is -1.10. The van der Waals surface area contributed by atoms with E-state index in [9.17, 15) is 4.79 Å². The monoisotopic (exact) mass is 161 g/mol. The Bertz CT molecular complexity index is 246. The van der Waals surface area contributed by atoms with E-state index in [-0.39, 0.29) is 11.8 Å². The van der Waals surface area contributed by atoms with Crippen molar-refractivity contribution >= 4 is 17.6 Å². The van der Waals surface area contributed by atoms with Crippen molar-refractivity contribution in [1.82, 2.24) is 14.8 Å². The molecule has 5 nitrogen and oxygen atoms in total. The molecule has 54 valence electrons. The van der Waals surface area contributed by atoms with Gasteiger partial charge in [0, 0.05) is 0 Å². The Kier molecular flexibility index (Phi) is 1.86. The van der Waals surface area contributed by atoms with Crippen molar-refractivity contribution in [3.05, 3.63) is 11.6 Å². The molecule has 0 fully saturated rings. The zero-order valence-corrected chi connectivity index (χ0v) is 5.62. The number of rotatable bonds is 2. The third kappa shape index (κ3) is 1.44. The molecule has 0 saturated carbocycles. The number of hydrogen-bond acceptors (Lipinski definition) is 3. The molecule has 0 aliphatic carbocycles. The third-order valence-electron chi connectivity index (χ3n) is 0.853. The van der Waals surface area contributed by atoms with Crippen LogP contribution in [0.1, 0.15) is 0 Å². The molecule has 0 aliphatic rings. The lowest BCUT2D eigenvalue weighted by Gasteiger charge is -1.93. The molecule has 1 aromatic rings. The highest BCUT2D eigenvalue weighted by Crippen LogP contribution is 1.99. The molecular formula is C4H4ClN3O2. The fourth-order valence-electron chi connectivity index (χ4n) is 0.484. The number of halogens is 1. The highest BCUT2D eigenvalue weighted by molar-refractivity contribution is 6.28. The third-order valence-corrected chi connectivity index (χ3v) is 1.15. The zero-order valence-electron chi connectivity index (χ0n) is 4.86. The largest absolute Gasteiger partial charge is 0.480 e. The SMILES string of the molecule is O=C(O)Cn1ncnc1Cl. The summed E-state index contributed by atoms with van der Waals surface area (Å²) in [5.41, 5.74) is 0. The quantitative estimate of drug-likeness (QED) is 0.664. The summed E-state index contributed by atoms with van der Waals surface area (Å²) in [4.78, 5) is 13.6. The zero-order chi connectivity index (χ0) is 7.56. The maximum atomic E-state index is 10.1. The van der Waals surface area contributed by atoms with Gasteiger partial charge < -0.3 is 5.11 Å². The van der Waals surface area contributed by atoms with E-state index in [4.69, 9.17) is 16.7 Å². The van der Waals surface area contributed by atoms with E-state index in [0.29, 0.717) is 0 Å². The lowest BCUT2D eigenvalue weighted by Crippen LogP contribution is -2.09. The Morgan fingerprint density at radius 2 is 2.60 bits per heavy atom. The summed E-state index contributed by atoms with van der Waals surface area (Å²) in [5, 5.41) is 11.9. The summed E-state index contributed by atoms with van der Waals surface area (Å²) < 4.78 is 1.09. The summed E-state index contributed by atoms with van der Waals surface area (Å²) in [6.45, 7) is -0.251. The number of aromatic nitrogens is 3. The van der Waals surface area contributed by atoms with Gasteiger partial charge in [0.1, 0.15) is 12.9 Å². The minimum absolute atomic E-state index is 0.0856. The molecule has 6 heteroatoms. The van der Waals surface area contributed by atoms with E-state index in [1.165, 1.54) is 6.33 Å². The van der Waals surface area contributed by atoms with Crippen molar-refractivity contribution in [2.45, 2.75) is 6.54 Å². The van der Waals surface area contributed by atoms with Crippen molar-refractivity contribution in [1.29, 1.82) is 0 Å². The van der Waals surface area contributed by atoms with Crippen LogP contribution in [0.3, 0.4) is 0 Å². The molecule has 0 atom stereocenters. The van der Waals surface area contributed by atoms with Crippen LogP contribution in [0.4, 0.5) is 0 Å². The Morgan fingerprint density at radius 3 is 3.00 bits per heavy atom. The molecule has 0 aromatic carbocycles. The second-order valence-electron chi connectivity index (χ2n) is 1.58. The molecule has 1 heterocycles. The smallest absolute Gasteiger partial charge is 0.325 e. The minimum Gasteiger partial charge on any atom is -0.480 e. The topological polar surface area (TPSA) is 68.0 Å². The summed E-state index contributed by atoms with van der Waals surface area (Å²) in [7, 11) is 0. The van der Waals surface area contributed by atoms with Gasteiger partial charge in [0.2, 0.25) is 5.28 Å². The molecule has 0 saturated heterocycles. The van der Waals surface area contributed by atoms with E-state index < -0.39 is 5.97 Å². The molecule has 0 spiro atoms. The molecule has 0 aliphatic heterocycles. The predicted molar refractivity (Wildman–Crippen MR) is 32.7 cm³/mol. The van der Waals surface area contributed by atoms with Gasteiger partial charge in [0.05, 0.1) is 0 Å². The van der Waals surface area contributed by atoms with Gasteiger partial charge in [-0.25, -0.2) is 9.67 Å². The minimum atomic E-state index is -0.993. The standard InChI is InChI=1S/C4H4ClN3O2/c5-4-6-2-7-8(4)1-3(9)10/h2H,1H2,(H,9,10). The van der Waals surface area contributed by atoms with Crippen molar-refractivity contribution in [3.63, 3.8) is 0 Å². The number of hydrogen-bond donors (Lipinski definition) is 1. The van der Waals surface area contributed by atoms with Crippen molar-refractivity contribution in [2.75, 3.05) is 0 Å². The molecule has 1 rings (SSSR count). The van der Waals surface area contributed by atoms with Crippen LogP contribution < -0.4 is 0 Å². The van der Waals surface area contributed by atoms with Crippen molar-refractivity contribution in [2.24, 2.45) is 0 Å². The summed E-state index contributed by atoms with van der Waals surface area (Å²) >= 11 is 5.41. The number of carboxylic acids is 1. The predicted octanol–water partition coefficient (Wildman–Crippen LogP) is 0.0161.